The molecule has 0 heteroatoms. The lowest BCUT2D eigenvalue weighted by Crippen LogP contribution is -2.12. The monoisotopic (exact) mass is 898 g/mol. The molecule has 0 saturated carbocycles. The molecule has 0 bridgehead atoms. The second kappa shape index (κ2) is 15.0. The molecular weight excluding hydrogens is 841 g/mol. The second-order valence-corrected chi connectivity index (χ2v) is 22.6. The van der Waals surface area contributed by atoms with Gasteiger partial charge in [-0.25, -0.2) is 0 Å². The van der Waals surface area contributed by atoms with E-state index in [-0.39, 0.29) is 10.8 Å². The van der Waals surface area contributed by atoms with E-state index < -0.39 is 0 Å². The molecule has 13 aromatic carbocycles. The summed E-state index contributed by atoms with van der Waals surface area (Å²) in [6.45, 7) is 23.0. The number of hydrogen-bond acceptors (Lipinski definition) is 0. The molecule has 13 aromatic rings. The third-order valence-electron chi connectivity index (χ3n) is 16.0. The highest BCUT2D eigenvalue weighted by molar-refractivity contribution is 6.46. The van der Waals surface area contributed by atoms with E-state index in [0.29, 0.717) is 0 Å². The van der Waals surface area contributed by atoms with Gasteiger partial charge in [-0.05, 0) is 227 Å². The van der Waals surface area contributed by atoms with E-state index in [4.69, 9.17) is 0 Å². The minimum atomic E-state index is 0.0899. The van der Waals surface area contributed by atoms with E-state index >= 15 is 0 Å². The van der Waals surface area contributed by atoms with Crippen molar-refractivity contribution >= 4 is 86.2 Å². The van der Waals surface area contributed by atoms with Gasteiger partial charge in [0, 0.05) is 0 Å². The molecule has 0 atom stereocenters. The van der Waals surface area contributed by atoms with Crippen LogP contribution in [0.3, 0.4) is 0 Å². The average Bonchev–Trinajstić information content (AvgIpc) is 3.83. The van der Waals surface area contributed by atoms with Crippen LogP contribution in [0.1, 0.15) is 74.9 Å². The molecule has 0 nitrogen and oxygen atoms in total. The average molecular weight is 899 g/mol. The fraction of sp³-hybridized carbons (Fsp3) is 0.171. The van der Waals surface area contributed by atoms with Gasteiger partial charge in [0.2, 0.25) is 0 Å². The van der Waals surface area contributed by atoms with Crippen molar-refractivity contribution < 1.29 is 0 Å². The Kier molecular flexibility index (Phi) is 9.11. The van der Waals surface area contributed by atoms with Crippen LogP contribution in [-0.2, 0) is 10.8 Å². The largest absolute Gasteiger partial charge is 0.0622 e. The lowest BCUT2D eigenvalue weighted by atomic mass is 9.82. The van der Waals surface area contributed by atoms with Crippen LogP contribution < -0.4 is 0 Å². The summed E-state index contributed by atoms with van der Waals surface area (Å²) in [4.78, 5) is 0. The maximum Gasteiger partial charge on any atom is -0.000697 e. The van der Waals surface area contributed by atoms with Gasteiger partial charge in [0.05, 0.1) is 0 Å². The molecule has 0 aliphatic rings. The molecule has 0 radical (unpaired) electrons. The Bertz CT molecular complexity index is 4180. The fourth-order valence-corrected chi connectivity index (χ4v) is 12.9. The first-order valence-corrected chi connectivity index (χ1v) is 25.2. The minimum absolute atomic E-state index is 0.0899. The Hall–Kier alpha value is -7.54. The highest BCUT2D eigenvalue weighted by Crippen LogP contribution is 2.56. The Morgan fingerprint density at radius 2 is 0.700 bits per heavy atom. The molecule has 0 amide bonds. The molecule has 0 spiro atoms. The first-order valence-electron chi connectivity index (χ1n) is 25.2. The van der Waals surface area contributed by atoms with Gasteiger partial charge in [-0.3, -0.25) is 0 Å². The summed E-state index contributed by atoms with van der Waals surface area (Å²) in [6.07, 6.45) is 0. The van der Waals surface area contributed by atoms with Crippen LogP contribution in [0.5, 0.6) is 0 Å². The number of hydrogen-bond donors (Lipinski definition) is 0. The lowest BCUT2D eigenvalue weighted by molar-refractivity contribution is 0.589. The fourth-order valence-electron chi connectivity index (χ4n) is 12.9. The Labute approximate surface area is 411 Å². The Morgan fingerprint density at radius 3 is 1.26 bits per heavy atom. The third kappa shape index (κ3) is 6.15. The van der Waals surface area contributed by atoms with Crippen molar-refractivity contribution in [2.24, 2.45) is 0 Å². The first kappa shape index (κ1) is 42.6. The van der Waals surface area contributed by atoms with E-state index in [2.05, 4.69) is 239 Å². The lowest BCUT2D eigenvalue weighted by Gasteiger charge is -2.22. The van der Waals surface area contributed by atoms with Crippen molar-refractivity contribution in [1.29, 1.82) is 0 Å². The molecule has 13 rings (SSSR count). The van der Waals surface area contributed by atoms with Crippen LogP contribution >= 0.6 is 0 Å². The van der Waals surface area contributed by atoms with E-state index in [1.54, 1.807) is 0 Å². The van der Waals surface area contributed by atoms with E-state index in [1.807, 2.05) is 0 Å². The zero-order chi connectivity index (χ0) is 48.1. The summed E-state index contributed by atoms with van der Waals surface area (Å²) < 4.78 is 0. The molecule has 0 aliphatic heterocycles. The summed E-state index contributed by atoms with van der Waals surface area (Å²) in [5.41, 5.74) is 18.6. The molecule has 0 saturated heterocycles. The van der Waals surface area contributed by atoms with Crippen molar-refractivity contribution in [2.75, 3.05) is 0 Å². The van der Waals surface area contributed by atoms with Gasteiger partial charge >= 0.3 is 0 Å². The normalized spacial score (nSPS) is 12.7. The van der Waals surface area contributed by atoms with Gasteiger partial charge in [-0.15, -0.1) is 0 Å². The topological polar surface area (TPSA) is 0 Å². The predicted molar refractivity (Wildman–Crippen MR) is 307 cm³/mol. The molecule has 338 valence electrons. The van der Waals surface area contributed by atoms with Crippen LogP contribution in [0.4, 0.5) is 0 Å². The summed E-state index contributed by atoms with van der Waals surface area (Å²) in [5.74, 6) is 0. The second-order valence-electron chi connectivity index (χ2n) is 22.6. The predicted octanol–water partition coefficient (Wildman–Crippen LogP) is 20.3. The molecule has 0 heterocycles. The highest BCUT2D eigenvalue weighted by Gasteiger charge is 2.28. The summed E-state index contributed by atoms with van der Waals surface area (Å²) in [5, 5.41) is 21.1. The van der Waals surface area contributed by atoms with Gasteiger partial charge in [-0.2, -0.15) is 0 Å². The zero-order valence-corrected chi connectivity index (χ0v) is 42.2. The van der Waals surface area contributed by atoms with Crippen LogP contribution in [0, 0.1) is 27.7 Å². The Balaban J connectivity index is 1.17. The van der Waals surface area contributed by atoms with Gasteiger partial charge in [0.25, 0.3) is 0 Å². The highest BCUT2D eigenvalue weighted by atomic mass is 14.3. The van der Waals surface area contributed by atoms with E-state index in [0.717, 1.165) is 0 Å². The molecule has 0 unspecified atom stereocenters. The SMILES string of the molecule is Cc1cc(C(C)(C)C)cc(C)c1-c1ccc2cc3c4c(-c5ccccc5)c5c(cc6c7ccc(-c8c(C)cc(C(C)(C)C)cc8C)cc7c7cccc5c76)c(-c5ccccc5)c4c4cccc(c2c1)c43. The molecule has 70 heavy (non-hydrogen) atoms. The van der Waals surface area contributed by atoms with Crippen molar-refractivity contribution in [2.45, 2.75) is 80.1 Å². The number of benzene rings is 11. The molecule has 0 fully saturated rings. The molecule has 0 aromatic heterocycles. The molecule has 0 N–H and O–H groups in total. The third-order valence-corrected chi connectivity index (χ3v) is 16.0. The smallest absolute Gasteiger partial charge is 0.000697 e. The van der Waals surface area contributed by atoms with Gasteiger partial charge < -0.3 is 0 Å². The number of aryl methyl sites for hydroxylation is 4. The van der Waals surface area contributed by atoms with Crippen LogP contribution in [0.15, 0.2) is 170 Å². The quantitative estimate of drug-likeness (QED) is 0.154. The zero-order valence-electron chi connectivity index (χ0n) is 42.2. The standard InChI is InChI=1S/C70H58/c1-39-31-48(69(5,6)7)32-40(2)60(39)46-28-27-45-35-58-65-51(55(45)36-46)23-17-26-54(65)67-62(43-19-13-11-14-20-43)59-38-57-50-30-29-47(61-41(3)33-49(34-42(61)4)70(8,9)10)37-56(50)52-24-18-25-53(64(52)57)66(59)63(68(58)67)44-21-15-12-16-22-44/h11-38H,1-10H3. The number of fused-ring (bicyclic) bond motifs is 10. The minimum Gasteiger partial charge on any atom is -0.0622 e. The molecular formula is C70H58. The molecule has 0 aliphatic carbocycles. The first-order chi connectivity index (χ1) is 33.7. The van der Waals surface area contributed by atoms with Crippen molar-refractivity contribution in [3.63, 3.8) is 0 Å². The van der Waals surface area contributed by atoms with Gasteiger partial charge in [-0.1, -0.05) is 187 Å². The summed E-state index contributed by atoms with van der Waals surface area (Å²) in [7, 11) is 0. The van der Waals surface area contributed by atoms with Crippen LogP contribution in [0.2, 0.25) is 0 Å². The maximum atomic E-state index is 2.57. The van der Waals surface area contributed by atoms with Crippen molar-refractivity contribution in [3.8, 4) is 44.5 Å². The van der Waals surface area contributed by atoms with Gasteiger partial charge in [0.1, 0.15) is 0 Å². The van der Waals surface area contributed by atoms with Crippen molar-refractivity contribution in [1.82, 2.24) is 0 Å². The maximum absolute atomic E-state index is 2.57. The van der Waals surface area contributed by atoms with Gasteiger partial charge in [0.15, 0.2) is 0 Å². The Morgan fingerprint density at radius 1 is 0.243 bits per heavy atom. The number of rotatable bonds is 4. The van der Waals surface area contributed by atoms with E-state index in [1.165, 1.54) is 164 Å². The summed E-state index contributed by atoms with van der Waals surface area (Å²) in [6, 6.07) is 65.8. The van der Waals surface area contributed by atoms with E-state index in [9.17, 15) is 0 Å². The van der Waals surface area contributed by atoms with Crippen LogP contribution in [0.25, 0.3) is 131 Å². The van der Waals surface area contributed by atoms with Crippen LogP contribution in [-0.4, -0.2) is 0 Å². The summed E-state index contributed by atoms with van der Waals surface area (Å²) >= 11 is 0. The van der Waals surface area contributed by atoms with Crippen molar-refractivity contribution in [3.05, 3.63) is 203 Å².